The van der Waals surface area contributed by atoms with E-state index in [0.29, 0.717) is 17.1 Å². The fourth-order valence-electron chi connectivity index (χ4n) is 1.92. The van der Waals surface area contributed by atoms with Crippen molar-refractivity contribution in [1.82, 2.24) is 5.32 Å². The van der Waals surface area contributed by atoms with Gasteiger partial charge in [0, 0.05) is 24.7 Å². The van der Waals surface area contributed by atoms with Gasteiger partial charge in [-0.3, -0.25) is 0 Å². The number of hydrogen-bond acceptors (Lipinski definition) is 3. The number of aliphatic hydroxyl groups is 1. The van der Waals surface area contributed by atoms with Crippen molar-refractivity contribution < 1.29 is 18.3 Å². The Hall–Kier alpha value is -1.72. The van der Waals surface area contributed by atoms with Gasteiger partial charge in [0.05, 0.1) is 0 Å². The summed E-state index contributed by atoms with van der Waals surface area (Å²) in [5.41, 5.74) is -0.845. The summed E-state index contributed by atoms with van der Waals surface area (Å²) in [6.45, 7) is 3.79. The van der Waals surface area contributed by atoms with E-state index in [2.05, 4.69) is 5.32 Å². The second-order valence-corrected chi connectivity index (χ2v) is 5.02. The van der Waals surface area contributed by atoms with E-state index in [0.717, 1.165) is 6.07 Å². The molecule has 0 saturated carbocycles. The Bertz CT molecular complexity index is 593. The minimum atomic E-state index is -1.19. The zero-order chi connectivity index (χ0) is 14.8. The van der Waals surface area contributed by atoms with Gasteiger partial charge in [-0.15, -0.1) is 0 Å². The quantitative estimate of drug-likeness (QED) is 0.886. The molecule has 0 spiro atoms. The lowest BCUT2D eigenvalue weighted by molar-refractivity contribution is 0.0332. The summed E-state index contributed by atoms with van der Waals surface area (Å²) >= 11 is 0. The van der Waals surface area contributed by atoms with Crippen molar-refractivity contribution in [3.63, 3.8) is 0 Å². The van der Waals surface area contributed by atoms with Crippen LogP contribution in [0.25, 0.3) is 0 Å². The average molecular weight is 281 g/mol. The first kappa shape index (κ1) is 14.7. The highest BCUT2D eigenvalue weighted by Gasteiger charge is 2.26. The molecule has 2 rings (SSSR count). The van der Waals surface area contributed by atoms with Crippen LogP contribution >= 0.6 is 0 Å². The van der Waals surface area contributed by atoms with Crippen molar-refractivity contribution >= 4 is 0 Å². The third-order valence-electron chi connectivity index (χ3n) is 3.07. The number of nitrogens with one attached hydrogen (secondary N) is 1. The minimum absolute atomic E-state index is 0.191. The van der Waals surface area contributed by atoms with E-state index >= 15 is 0 Å². The SMILES string of the molecule is Cc1ccc(C(C)(O)CNCc2ccc(F)cc2F)o1. The van der Waals surface area contributed by atoms with Crippen LogP contribution in [-0.2, 0) is 12.1 Å². The lowest BCUT2D eigenvalue weighted by atomic mass is 10.0. The van der Waals surface area contributed by atoms with E-state index < -0.39 is 17.2 Å². The molecule has 0 saturated heterocycles. The van der Waals surface area contributed by atoms with E-state index in [9.17, 15) is 13.9 Å². The first-order valence-electron chi connectivity index (χ1n) is 6.32. The Kier molecular flexibility index (Phi) is 4.20. The van der Waals surface area contributed by atoms with Crippen molar-refractivity contribution in [2.45, 2.75) is 26.0 Å². The highest BCUT2D eigenvalue weighted by Crippen LogP contribution is 2.22. The molecule has 1 atom stereocenters. The fraction of sp³-hybridized carbons (Fsp3) is 0.333. The number of benzene rings is 1. The maximum Gasteiger partial charge on any atom is 0.136 e. The zero-order valence-corrected chi connectivity index (χ0v) is 11.4. The number of furan rings is 1. The molecular weight excluding hydrogens is 264 g/mol. The van der Waals surface area contributed by atoms with Crippen molar-refractivity contribution in [3.8, 4) is 0 Å². The molecule has 0 fully saturated rings. The summed E-state index contributed by atoms with van der Waals surface area (Å²) in [5.74, 6) is -0.0535. The van der Waals surface area contributed by atoms with Crippen molar-refractivity contribution in [3.05, 3.63) is 59.1 Å². The molecular formula is C15H17F2NO2. The lowest BCUT2D eigenvalue weighted by Gasteiger charge is -2.21. The Balaban J connectivity index is 1.95. The average Bonchev–Trinajstić information content (AvgIpc) is 2.79. The highest BCUT2D eigenvalue weighted by atomic mass is 19.1. The number of halogens is 2. The van der Waals surface area contributed by atoms with E-state index in [1.807, 2.05) is 0 Å². The Labute approximate surface area is 116 Å². The zero-order valence-electron chi connectivity index (χ0n) is 11.4. The smallest absolute Gasteiger partial charge is 0.136 e. The maximum absolute atomic E-state index is 13.4. The van der Waals surface area contributed by atoms with Crippen LogP contribution in [0.15, 0.2) is 34.7 Å². The summed E-state index contributed by atoms with van der Waals surface area (Å²) in [4.78, 5) is 0. The van der Waals surface area contributed by atoms with Gasteiger partial charge < -0.3 is 14.8 Å². The molecule has 0 aliphatic rings. The maximum atomic E-state index is 13.4. The third-order valence-corrected chi connectivity index (χ3v) is 3.07. The highest BCUT2D eigenvalue weighted by molar-refractivity contribution is 5.18. The van der Waals surface area contributed by atoms with Crippen LogP contribution in [0, 0.1) is 18.6 Å². The van der Waals surface area contributed by atoms with Gasteiger partial charge in [-0.2, -0.15) is 0 Å². The molecule has 0 bridgehead atoms. The molecule has 1 unspecified atom stereocenters. The van der Waals surface area contributed by atoms with Crippen LogP contribution in [-0.4, -0.2) is 11.7 Å². The second kappa shape index (κ2) is 5.73. The van der Waals surface area contributed by atoms with Crippen molar-refractivity contribution in [2.24, 2.45) is 0 Å². The molecule has 20 heavy (non-hydrogen) atoms. The molecule has 2 aromatic rings. The lowest BCUT2D eigenvalue weighted by Crippen LogP contribution is -2.35. The van der Waals surface area contributed by atoms with Gasteiger partial charge in [-0.05, 0) is 32.0 Å². The third kappa shape index (κ3) is 3.43. The Morgan fingerprint density at radius 1 is 1.25 bits per heavy atom. The summed E-state index contributed by atoms with van der Waals surface area (Å²) in [5, 5.41) is 13.2. The number of rotatable bonds is 5. The molecule has 0 radical (unpaired) electrons. The van der Waals surface area contributed by atoms with E-state index in [1.165, 1.54) is 12.1 Å². The molecule has 0 amide bonds. The van der Waals surface area contributed by atoms with Gasteiger partial charge in [0.2, 0.25) is 0 Å². The molecule has 2 N–H and O–H groups in total. The molecule has 5 heteroatoms. The fourth-order valence-corrected chi connectivity index (χ4v) is 1.92. The topological polar surface area (TPSA) is 45.4 Å². The van der Waals surface area contributed by atoms with Crippen LogP contribution < -0.4 is 5.32 Å². The van der Waals surface area contributed by atoms with Gasteiger partial charge in [0.25, 0.3) is 0 Å². The van der Waals surface area contributed by atoms with Gasteiger partial charge in [0.1, 0.15) is 28.8 Å². The monoisotopic (exact) mass is 281 g/mol. The van der Waals surface area contributed by atoms with E-state index in [4.69, 9.17) is 4.42 Å². The van der Waals surface area contributed by atoms with Gasteiger partial charge in [-0.25, -0.2) is 8.78 Å². The van der Waals surface area contributed by atoms with E-state index in [1.54, 1.807) is 26.0 Å². The molecule has 1 heterocycles. The normalized spacial score (nSPS) is 14.2. The first-order valence-corrected chi connectivity index (χ1v) is 6.32. The Morgan fingerprint density at radius 3 is 2.60 bits per heavy atom. The largest absolute Gasteiger partial charge is 0.463 e. The van der Waals surface area contributed by atoms with Crippen molar-refractivity contribution in [2.75, 3.05) is 6.54 Å². The van der Waals surface area contributed by atoms with Gasteiger partial charge >= 0.3 is 0 Å². The van der Waals surface area contributed by atoms with Gasteiger partial charge in [-0.1, -0.05) is 6.07 Å². The molecule has 0 aliphatic carbocycles. The van der Waals surface area contributed by atoms with Crippen LogP contribution in [0.4, 0.5) is 8.78 Å². The predicted octanol–water partition coefficient (Wildman–Crippen LogP) is 2.86. The molecule has 1 aromatic heterocycles. The summed E-state index contributed by atoms with van der Waals surface area (Å²) < 4.78 is 31.6. The second-order valence-electron chi connectivity index (χ2n) is 5.02. The number of aryl methyl sites for hydroxylation is 1. The predicted molar refractivity (Wildman–Crippen MR) is 71.1 cm³/mol. The molecule has 108 valence electrons. The summed E-state index contributed by atoms with van der Waals surface area (Å²) in [6, 6.07) is 6.89. The van der Waals surface area contributed by atoms with Crippen LogP contribution in [0.2, 0.25) is 0 Å². The van der Waals surface area contributed by atoms with Crippen LogP contribution in [0.3, 0.4) is 0 Å². The molecule has 0 aliphatic heterocycles. The van der Waals surface area contributed by atoms with E-state index in [-0.39, 0.29) is 13.1 Å². The molecule has 1 aromatic carbocycles. The Morgan fingerprint density at radius 2 is 2.00 bits per heavy atom. The standard InChI is InChI=1S/C15H17F2NO2/c1-10-3-6-14(20-10)15(2,19)9-18-8-11-4-5-12(16)7-13(11)17/h3-7,18-19H,8-9H2,1-2H3. The van der Waals surface area contributed by atoms with Crippen LogP contribution in [0.1, 0.15) is 24.0 Å². The van der Waals surface area contributed by atoms with Crippen LogP contribution in [0.5, 0.6) is 0 Å². The molecule has 3 nitrogen and oxygen atoms in total. The number of hydrogen-bond donors (Lipinski definition) is 2. The van der Waals surface area contributed by atoms with Crippen molar-refractivity contribution in [1.29, 1.82) is 0 Å². The minimum Gasteiger partial charge on any atom is -0.463 e. The first-order chi connectivity index (χ1) is 9.38. The van der Waals surface area contributed by atoms with Gasteiger partial charge in [0.15, 0.2) is 0 Å². The summed E-state index contributed by atoms with van der Waals surface area (Å²) in [6.07, 6.45) is 0. The summed E-state index contributed by atoms with van der Waals surface area (Å²) in [7, 11) is 0.